The van der Waals surface area contributed by atoms with Crippen LogP contribution >= 0.6 is 23.7 Å². The van der Waals surface area contributed by atoms with E-state index < -0.39 is 12.3 Å². The maximum absolute atomic E-state index is 16.3. The largest absolute Gasteiger partial charge is 0.344 e. The lowest BCUT2D eigenvalue weighted by molar-refractivity contribution is 0.0873. The van der Waals surface area contributed by atoms with E-state index in [-0.39, 0.29) is 24.2 Å². The van der Waals surface area contributed by atoms with Gasteiger partial charge in [0.25, 0.3) is 5.91 Å². The van der Waals surface area contributed by atoms with E-state index in [0.29, 0.717) is 24.3 Å². The van der Waals surface area contributed by atoms with Gasteiger partial charge >= 0.3 is 0 Å². The first kappa shape index (κ1) is 24.0. The van der Waals surface area contributed by atoms with E-state index in [0.717, 1.165) is 26.4 Å². The minimum Gasteiger partial charge on any atom is -0.344 e. The molecule has 1 N–H and O–H groups in total. The SMILES string of the molecule is Cc1nnc([C@@H]2CCN(c3nccc4cccc(C)c34)[C@H](F)[C@@H]2NC(=O)c2ccccc2)s1.Cl. The van der Waals surface area contributed by atoms with Crippen LogP contribution in [0.25, 0.3) is 10.8 Å². The number of fused-ring (bicyclic) bond motifs is 1. The Morgan fingerprint density at radius 2 is 1.88 bits per heavy atom. The van der Waals surface area contributed by atoms with E-state index in [1.807, 2.05) is 44.2 Å². The summed E-state index contributed by atoms with van der Waals surface area (Å²) < 4.78 is 16.3. The van der Waals surface area contributed by atoms with Crippen LogP contribution in [0.4, 0.5) is 10.2 Å². The monoisotopic (exact) mass is 497 g/mol. The number of hydrogen-bond donors (Lipinski definition) is 1. The van der Waals surface area contributed by atoms with Crippen molar-refractivity contribution in [3.63, 3.8) is 0 Å². The molecular formula is C25H25ClFN5OS. The van der Waals surface area contributed by atoms with Crippen molar-refractivity contribution in [3.8, 4) is 0 Å². The second-order valence-corrected chi connectivity index (χ2v) is 9.51. The quantitative estimate of drug-likeness (QED) is 0.392. The van der Waals surface area contributed by atoms with E-state index in [1.54, 1.807) is 35.4 Å². The Balaban J connectivity index is 0.00000274. The Kier molecular flexibility index (Phi) is 7.09. The van der Waals surface area contributed by atoms with Gasteiger partial charge in [-0.2, -0.15) is 0 Å². The molecule has 1 saturated heterocycles. The zero-order valence-electron chi connectivity index (χ0n) is 18.8. The van der Waals surface area contributed by atoms with Crippen LogP contribution in [-0.4, -0.2) is 40.0 Å². The lowest BCUT2D eigenvalue weighted by Gasteiger charge is -2.42. The number of nitrogens with one attached hydrogen (secondary N) is 1. The van der Waals surface area contributed by atoms with Gasteiger partial charge in [0.2, 0.25) is 0 Å². The Hall–Kier alpha value is -3.10. The lowest BCUT2D eigenvalue weighted by atomic mass is 9.90. The van der Waals surface area contributed by atoms with Crippen molar-refractivity contribution < 1.29 is 9.18 Å². The van der Waals surface area contributed by atoms with Crippen molar-refractivity contribution in [1.29, 1.82) is 0 Å². The first-order valence-electron chi connectivity index (χ1n) is 10.9. The second-order valence-electron chi connectivity index (χ2n) is 8.29. The molecule has 1 aliphatic heterocycles. The molecule has 6 nitrogen and oxygen atoms in total. The summed E-state index contributed by atoms with van der Waals surface area (Å²) in [5.74, 6) is 0.0218. The molecule has 1 fully saturated rings. The van der Waals surface area contributed by atoms with Crippen molar-refractivity contribution >= 4 is 46.2 Å². The first-order valence-corrected chi connectivity index (χ1v) is 11.8. The molecule has 3 heterocycles. The molecule has 9 heteroatoms. The number of alkyl halides is 1. The van der Waals surface area contributed by atoms with Crippen LogP contribution in [0, 0.1) is 13.8 Å². The third-order valence-corrected chi connectivity index (χ3v) is 7.12. The fourth-order valence-corrected chi connectivity index (χ4v) is 5.41. The number of halogens is 2. The molecule has 0 aliphatic carbocycles. The van der Waals surface area contributed by atoms with Crippen LogP contribution in [0.5, 0.6) is 0 Å². The van der Waals surface area contributed by atoms with Gasteiger partial charge in [-0.05, 0) is 49.4 Å². The smallest absolute Gasteiger partial charge is 0.251 e. The van der Waals surface area contributed by atoms with Crippen LogP contribution in [0.3, 0.4) is 0 Å². The van der Waals surface area contributed by atoms with Crippen molar-refractivity contribution in [2.45, 2.75) is 38.5 Å². The molecule has 0 saturated carbocycles. The highest BCUT2D eigenvalue weighted by atomic mass is 35.5. The molecule has 1 aliphatic rings. The fourth-order valence-electron chi connectivity index (χ4n) is 4.53. The third kappa shape index (κ3) is 4.48. The average molecular weight is 498 g/mol. The molecule has 2 aromatic heterocycles. The summed E-state index contributed by atoms with van der Waals surface area (Å²) >= 11 is 1.45. The van der Waals surface area contributed by atoms with Crippen LogP contribution in [0.15, 0.2) is 60.8 Å². The van der Waals surface area contributed by atoms with E-state index in [1.165, 1.54) is 11.3 Å². The van der Waals surface area contributed by atoms with E-state index in [9.17, 15) is 4.79 Å². The zero-order valence-corrected chi connectivity index (χ0v) is 20.4. The molecule has 0 spiro atoms. The normalized spacial score (nSPS) is 20.1. The second kappa shape index (κ2) is 10.0. The van der Waals surface area contributed by atoms with Gasteiger partial charge in [0, 0.05) is 29.6 Å². The van der Waals surface area contributed by atoms with Crippen molar-refractivity contribution in [1.82, 2.24) is 20.5 Å². The van der Waals surface area contributed by atoms with Crippen molar-refractivity contribution in [2.75, 3.05) is 11.4 Å². The van der Waals surface area contributed by atoms with Gasteiger partial charge in [-0.15, -0.1) is 33.9 Å². The molecule has 5 rings (SSSR count). The number of pyridine rings is 1. The van der Waals surface area contributed by atoms with E-state index in [2.05, 4.69) is 20.5 Å². The Morgan fingerprint density at radius 1 is 1.09 bits per heavy atom. The number of rotatable bonds is 4. The van der Waals surface area contributed by atoms with Crippen LogP contribution in [-0.2, 0) is 0 Å². The Bertz CT molecular complexity index is 1300. The highest BCUT2D eigenvalue weighted by Crippen LogP contribution is 2.38. The number of carbonyl (C=O) groups excluding carboxylic acids is 1. The van der Waals surface area contributed by atoms with Gasteiger partial charge in [0.05, 0.1) is 6.04 Å². The Labute approximate surface area is 207 Å². The predicted octanol–water partition coefficient (Wildman–Crippen LogP) is 5.21. The number of aryl methyl sites for hydroxylation is 2. The average Bonchev–Trinajstić information content (AvgIpc) is 3.26. The number of hydrogen-bond acceptors (Lipinski definition) is 6. The van der Waals surface area contributed by atoms with Gasteiger partial charge in [0.15, 0.2) is 6.30 Å². The summed E-state index contributed by atoms with van der Waals surface area (Å²) in [4.78, 5) is 19.2. The summed E-state index contributed by atoms with van der Waals surface area (Å²) in [5, 5.41) is 14.9. The number of nitrogens with zero attached hydrogens (tertiary/aromatic N) is 4. The van der Waals surface area contributed by atoms with Crippen molar-refractivity contribution in [3.05, 3.63) is 81.9 Å². The molecule has 0 bridgehead atoms. The van der Waals surface area contributed by atoms with Gasteiger partial charge in [-0.25, -0.2) is 9.37 Å². The van der Waals surface area contributed by atoms with Gasteiger partial charge in [-0.1, -0.05) is 36.4 Å². The first-order chi connectivity index (χ1) is 16.0. The molecule has 0 radical (unpaired) electrons. The molecule has 34 heavy (non-hydrogen) atoms. The number of benzene rings is 2. The summed E-state index contributed by atoms with van der Waals surface area (Å²) in [6.45, 7) is 4.35. The molecule has 1 amide bonds. The predicted molar refractivity (Wildman–Crippen MR) is 136 cm³/mol. The highest BCUT2D eigenvalue weighted by Gasteiger charge is 2.42. The maximum Gasteiger partial charge on any atom is 0.251 e. The maximum atomic E-state index is 16.3. The van der Waals surface area contributed by atoms with Gasteiger partial charge < -0.3 is 10.2 Å². The highest BCUT2D eigenvalue weighted by molar-refractivity contribution is 7.11. The number of anilines is 1. The van der Waals surface area contributed by atoms with Gasteiger partial charge in [-0.3, -0.25) is 4.79 Å². The van der Waals surface area contributed by atoms with Gasteiger partial charge in [0.1, 0.15) is 15.8 Å². The van der Waals surface area contributed by atoms with E-state index in [4.69, 9.17) is 0 Å². The molecule has 0 unspecified atom stereocenters. The molecular weight excluding hydrogens is 473 g/mol. The van der Waals surface area contributed by atoms with Crippen LogP contribution < -0.4 is 10.2 Å². The number of aromatic nitrogens is 3. The topological polar surface area (TPSA) is 71.0 Å². The summed E-state index contributed by atoms with van der Waals surface area (Å²) in [6.07, 6.45) is 0.860. The number of piperidine rings is 1. The lowest BCUT2D eigenvalue weighted by Crippen LogP contribution is -2.57. The molecule has 176 valence electrons. The summed E-state index contributed by atoms with van der Waals surface area (Å²) in [6, 6.07) is 16.0. The van der Waals surface area contributed by atoms with Crippen LogP contribution in [0.2, 0.25) is 0 Å². The standard InChI is InChI=1S/C25H24FN5OS.ClH/c1-15-7-6-10-17-11-13-27-23(20(15)17)31-14-12-19(25-30-29-16(2)33-25)21(22(31)26)28-24(32)18-8-4-3-5-9-18;/h3-11,13,19,21-22H,12,14H2,1-2H3,(H,28,32);1H/t19-,21-,22+;/m1./s1. The summed E-state index contributed by atoms with van der Waals surface area (Å²) in [5.41, 5.74) is 1.53. The zero-order chi connectivity index (χ0) is 22.9. The Morgan fingerprint density at radius 3 is 2.62 bits per heavy atom. The minimum atomic E-state index is -1.47. The number of amides is 1. The number of carbonyl (C=O) groups is 1. The molecule has 3 atom stereocenters. The van der Waals surface area contributed by atoms with Crippen molar-refractivity contribution in [2.24, 2.45) is 0 Å². The molecule has 4 aromatic rings. The van der Waals surface area contributed by atoms with Crippen LogP contribution in [0.1, 0.15) is 38.3 Å². The third-order valence-electron chi connectivity index (χ3n) is 6.15. The minimum absolute atomic E-state index is 0. The van der Waals surface area contributed by atoms with E-state index >= 15 is 4.39 Å². The fraction of sp³-hybridized carbons (Fsp3) is 0.280. The summed E-state index contributed by atoms with van der Waals surface area (Å²) in [7, 11) is 0. The molecule has 2 aromatic carbocycles.